The van der Waals surface area contributed by atoms with E-state index in [0.29, 0.717) is 42.1 Å². The Kier molecular flexibility index (Phi) is 4.61. The summed E-state index contributed by atoms with van der Waals surface area (Å²) in [4.78, 5) is 19.9. The van der Waals surface area contributed by atoms with E-state index in [9.17, 15) is 9.18 Å². The normalized spacial score (nSPS) is 14.7. The zero-order valence-electron chi connectivity index (χ0n) is 12.7. The van der Waals surface area contributed by atoms with Gasteiger partial charge in [-0.15, -0.1) is 0 Å². The number of carbonyl (C=O) groups is 1. The number of aromatic nitrogens is 1. The van der Waals surface area contributed by atoms with Crippen LogP contribution in [0.25, 0.3) is 0 Å². The summed E-state index contributed by atoms with van der Waals surface area (Å²) in [7, 11) is 1.56. The molecule has 2 amide bonds. The van der Waals surface area contributed by atoms with Crippen LogP contribution < -0.4 is 15.0 Å². The van der Waals surface area contributed by atoms with Crippen LogP contribution >= 0.6 is 11.3 Å². The number of thiazole rings is 1. The Morgan fingerprint density at radius 1 is 1.30 bits per heavy atom. The molecular formula is C15H17FN4O2S. The molecule has 8 heteroatoms. The number of urea groups is 1. The van der Waals surface area contributed by atoms with Gasteiger partial charge in [0.2, 0.25) is 0 Å². The summed E-state index contributed by atoms with van der Waals surface area (Å²) in [6, 6.07) is 6.49. The van der Waals surface area contributed by atoms with E-state index in [1.165, 1.54) is 17.4 Å². The number of hydrogen-bond donors (Lipinski definition) is 1. The summed E-state index contributed by atoms with van der Waals surface area (Å²) in [6.45, 7) is 2.25. The molecular weight excluding hydrogens is 319 g/mol. The van der Waals surface area contributed by atoms with Gasteiger partial charge in [-0.2, -0.15) is 0 Å². The lowest BCUT2D eigenvalue weighted by molar-refractivity contribution is 0.208. The third-order valence-corrected chi connectivity index (χ3v) is 4.53. The van der Waals surface area contributed by atoms with E-state index in [1.807, 2.05) is 11.0 Å². The summed E-state index contributed by atoms with van der Waals surface area (Å²) < 4.78 is 18.8. The number of nitrogens with zero attached hydrogens (tertiary/aromatic N) is 3. The van der Waals surface area contributed by atoms with Crippen molar-refractivity contribution in [3.05, 3.63) is 36.3 Å². The quantitative estimate of drug-likeness (QED) is 0.936. The van der Waals surface area contributed by atoms with Gasteiger partial charge in [-0.05, 0) is 12.1 Å². The fraction of sp³-hybridized carbons (Fsp3) is 0.333. The molecule has 0 radical (unpaired) electrons. The molecule has 0 unspecified atom stereocenters. The number of carbonyl (C=O) groups excluding carboxylic acids is 1. The van der Waals surface area contributed by atoms with Gasteiger partial charge in [0.05, 0.1) is 19.0 Å². The van der Waals surface area contributed by atoms with Gasteiger partial charge in [-0.1, -0.05) is 23.5 Å². The van der Waals surface area contributed by atoms with Crippen molar-refractivity contribution in [3.63, 3.8) is 0 Å². The Balaban J connectivity index is 1.56. The maximum absolute atomic E-state index is 13.8. The molecule has 1 aromatic carbocycles. The number of rotatable bonds is 3. The molecule has 1 N–H and O–H groups in total. The zero-order chi connectivity index (χ0) is 16.2. The molecule has 1 fully saturated rings. The Labute approximate surface area is 137 Å². The fourth-order valence-corrected chi connectivity index (χ4v) is 3.06. The minimum Gasteiger partial charge on any atom is -0.486 e. The first-order valence-electron chi connectivity index (χ1n) is 7.22. The van der Waals surface area contributed by atoms with Crippen LogP contribution in [0.3, 0.4) is 0 Å². The van der Waals surface area contributed by atoms with Crippen LogP contribution in [-0.2, 0) is 0 Å². The van der Waals surface area contributed by atoms with Gasteiger partial charge in [0.15, 0.2) is 10.2 Å². The standard InChI is InChI=1S/C15H17FN4O2S/c1-22-13-10-17-14(23-13)18-15(21)20-8-6-19(7-9-20)12-5-3-2-4-11(12)16/h2-5,10H,6-9H2,1H3,(H,17,18,21). The molecule has 1 aliphatic heterocycles. The van der Waals surface area contributed by atoms with Crippen molar-refractivity contribution in [1.29, 1.82) is 0 Å². The summed E-state index contributed by atoms with van der Waals surface area (Å²) in [6.07, 6.45) is 1.57. The van der Waals surface area contributed by atoms with Gasteiger partial charge in [0.25, 0.3) is 0 Å². The molecule has 122 valence electrons. The van der Waals surface area contributed by atoms with Crippen LogP contribution in [0.15, 0.2) is 30.5 Å². The van der Waals surface area contributed by atoms with Gasteiger partial charge in [0, 0.05) is 26.2 Å². The third-order valence-electron chi connectivity index (χ3n) is 3.66. The van der Waals surface area contributed by atoms with Crippen LogP contribution in [0, 0.1) is 5.82 Å². The lowest BCUT2D eigenvalue weighted by atomic mass is 10.2. The van der Waals surface area contributed by atoms with Crippen LogP contribution in [0.5, 0.6) is 5.06 Å². The zero-order valence-corrected chi connectivity index (χ0v) is 13.5. The van der Waals surface area contributed by atoms with Crippen LogP contribution in [0.1, 0.15) is 0 Å². The van der Waals surface area contributed by atoms with Gasteiger partial charge < -0.3 is 14.5 Å². The molecule has 3 rings (SSSR count). The first kappa shape index (κ1) is 15.5. The molecule has 1 aliphatic rings. The van der Waals surface area contributed by atoms with Crippen LogP contribution in [-0.4, -0.2) is 49.2 Å². The second-order valence-electron chi connectivity index (χ2n) is 5.04. The van der Waals surface area contributed by atoms with Gasteiger partial charge in [-0.3, -0.25) is 5.32 Å². The summed E-state index contributed by atoms with van der Waals surface area (Å²) in [5.41, 5.74) is 0.581. The Morgan fingerprint density at radius 3 is 2.70 bits per heavy atom. The molecule has 2 aromatic rings. The van der Waals surface area contributed by atoms with Crippen molar-refractivity contribution in [2.75, 3.05) is 43.5 Å². The second-order valence-corrected chi connectivity index (χ2v) is 6.04. The Hall–Kier alpha value is -2.35. The summed E-state index contributed by atoms with van der Waals surface area (Å²) in [5, 5.41) is 3.90. The number of halogens is 1. The Morgan fingerprint density at radius 2 is 2.04 bits per heavy atom. The highest BCUT2D eigenvalue weighted by molar-refractivity contribution is 7.17. The highest BCUT2D eigenvalue weighted by atomic mass is 32.1. The molecule has 2 heterocycles. The summed E-state index contributed by atoms with van der Waals surface area (Å²) >= 11 is 1.27. The topological polar surface area (TPSA) is 57.7 Å². The number of methoxy groups -OCH3 is 1. The fourth-order valence-electron chi connectivity index (χ4n) is 2.44. The van der Waals surface area contributed by atoms with E-state index in [4.69, 9.17) is 4.74 Å². The molecule has 0 saturated carbocycles. The molecule has 0 spiro atoms. The maximum atomic E-state index is 13.8. The van der Waals surface area contributed by atoms with Crippen molar-refractivity contribution < 1.29 is 13.9 Å². The number of para-hydroxylation sites is 1. The molecule has 0 bridgehead atoms. The minimum absolute atomic E-state index is 0.199. The van der Waals surface area contributed by atoms with Crippen LogP contribution in [0.4, 0.5) is 20.0 Å². The number of ether oxygens (including phenoxy) is 1. The van der Waals surface area contributed by atoms with Gasteiger partial charge in [0.1, 0.15) is 5.82 Å². The number of benzene rings is 1. The first-order chi connectivity index (χ1) is 11.2. The lowest BCUT2D eigenvalue weighted by Crippen LogP contribution is -2.50. The number of nitrogens with one attached hydrogen (secondary N) is 1. The summed E-state index contributed by atoms with van der Waals surface area (Å²) in [5.74, 6) is -0.236. The van der Waals surface area contributed by atoms with E-state index in [1.54, 1.807) is 30.3 Å². The number of amides is 2. The van der Waals surface area contributed by atoms with Crippen molar-refractivity contribution in [1.82, 2.24) is 9.88 Å². The molecule has 0 aliphatic carbocycles. The Bertz CT molecular complexity index is 686. The van der Waals surface area contributed by atoms with Crippen molar-refractivity contribution >= 4 is 28.2 Å². The van der Waals surface area contributed by atoms with E-state index < -0.39 is 0 Å². The van der Waals surface area contributed by atoms with E-state index in [2.05, 4.69) is 10.3 Å². The number of hydrogen-bond acceptors (Lipinski definition) is 5. The molecule has 6 nitrogen and oxygen atoms in total. The highest BCUT2D eigenvalue weighted by Crippen LogP contribution is 2.25. The maximum Gasteiger partial charge on any atom is 0.323 e. The second kappa shape index (κ2) is 6.82. The first-order valence-corrected chi connectivity index (χ1v) is 8.04. The molecule has 1 saturated heterocycles. The highest BCUT2D eigenvalue weighted by Gasteiger charge is 2.23. The SMILES string of the molecule is COc1cnc(NC(=O)N2CCN(c3ccccc3F)CC2)s1. The average molecular weight is 336 g/mol. The lowest BCUT2D eigenvalue weighted by Gasteiger charge is -2.35. The van der Waals surface area contributed by atoms with Gasteiger partial charge >= 0.3 is 6.03 Å². The third kappa shape index (κ3) is 3.53. The van der Waals surface area contributed by atoms with Crippen molar-refractivity contribution in [2.24, 2.45) is 0 Å². The van der Waals surface area contributed by atoms with Gasteiger partial charge in [-0.25, -0.2) is 14.2 Å². The average Bonchev–Trinajstić information content (AvgIpc) is 3.03. The van der Waals surface area contributed by atoms with Crippen molar-refractivity contribution in [2.45, 2.75) is 0 Å². The van der Waals surface area contributed by atoms with Crippen LogP contribution in [0.2, 0.25) is 0 Å². The predicted molar refractivity (Wildman–Crippen MR) is 87.9 cm³/mol. The molecule has 23 heavy (non-hydrogen) atoms. The smallest absolute Gasteiger partial charge is 0.323 e. The van der Waals surface area contributed by atoms with E-state index in [-0.39, 0.29) is 11.8 Å². The molecule has 1 aromatic heterocycles. The molecule has 0 atom stereocenters. The van der Waals surface area contributed by atoms with E-state index in [0.717, 1.165) is 0 Å². The minimum atomic E-state index is -0.236. The number of anilines is 2. The number of piperazine rings is 1. The predicted octanol–water partition coefficient (Wildman–Crippen LogP) is 2.64. The van der Waals surface area contributed by atoms with Crippen molar-refractivity contribution in [3.8, 4) is 5.06 Å². The largest absolute Gasteiger partial charge is 0.486 e. The van der Waals surface area contributed by atoms with E-state index >= 15 is 0 Å². The monoisotopic (exact) mass is 336 g/mol.